The van der Waals surface area contributed by atoms with E-state index in [-0.39, 0.29) is 5.56 Å². The number of benzene rings is 1. The van der Waals surface area contributed by atoms with Crippen LogP contribution in [0.5, 0.6) is 0 Å². The van der Waals surface area contributed by atoms with E-state index in [2.05, 4.69) is 51.3 Å². The second-order valence-electron chi connectivity index (χ2n) is 6.17. The van der Waals surface area contributed by atoms with Gasteiger partial charge >= 0.3 is 0 Å². The van der Waals surface area contributed by atoms with Gasteiger partial charge in [0.25, 0.3) is 5.56 Å². The van der Waals surface area contributed by atoms with E-state index in [1.54, 1.807) is 0 Å². The van der Waals surface area contributed by atoms with Crippen molar-refractivity contribution in [1.29, 1.82) is 0 Å². The van der Waals surface area contributed by atoms with E-state index < -0.39 is 0 Å². The second kappa shape index (κ2) is 6.34. The first kappa shape index (κ1) is 15.3. The van der Waals surface area contributed by atoms with Crippen LogP contribution in [0.1, 0.15) is 22.0 Å². The molecule has 5 heteroatoms. The van der Waals surface area contributed by atoms with E-state index in [1.807, 2.05) is 24.3 Å². The van der Waals surface area contributed by atoms with Crippen molar-refractivity contribution in [3.8, 4) is 10.4 Å². The van der Waals surface area contributed by atoms with E-state index >= 15 is 0 Å². The molecule has 0 amide bonds. The molecule has 0 fully saturated rings. The fourth-order valence-electron chi connectivity index (χ4n) is 3.18. The summed E-state index contributed by atoms with van der Waals surface area (Å²) in [6.07, 6.45) is 0.844. The van der Waals surface area contributed by atoms with E-state index in [9.17, 15) is 4.79 Å². The molecule has 2 aromatic heterocycles. The molecule has 0 saturated heterocycles. The first-order valence-corrected chi connectivity index (χ1v) is 8.96. The molecule has 1 aliphatic rings. The summed E-state index contributed by atoms with van der Waals surface area (Å²) in [5.74, 6) is 0.706. The molecule has 0 unspecified atom stereocenters. The fourth-order valence-corrected chi connectivity index (χ4v) is 4.24. The summed E-state index contributed by atoms with van der Waals surface area (Å²) < 4.78 is 0. The van der Waals surface area contributed by atoms with Crippen LogP contribution in [0, 0.1) is 6.92 Å². The van der Waals surface area contributed by atoms with Crippen molar-refractivity contribution in [3.63, 3.8) is 0 Å². The Balaban J connectivity index is 1.51. The molecule has 0 saturated carbocycles. The number of rotatable bonds is 3. The van der Waals surface area contributed by atoms with Gasteiger partial charge in [-0.1, -0.05) is 30.3 Å². The molecule has 4 rings (SSSR count). The molecule has 3 heterocycles. The average molecular weight is 337 g/mol. The number of fused-ring (bicyclic) bond motifs is 1. The number of aromatic amines is 1. The van der Waals surface area contributed by atoms with Crippen LogP contribution in [0.15, 0.2) is 47.3 Å². The molecule has 0 aliphatic carbocycles. The van der Waals surface area contributed by atoms with Crippen LogP contribution < -0.4 is 5.56 Å². The number of hydrogen-bond donors (Lipinski definition) is 1. The summed E-state index contributed by atoms with van der Waals surface area (Å²) in [4.78, 5) is 24.4. The number of aromatic nitrogens is 2. The lowest BCUT2D eigenvalue weighted by Gasteiger charge is -2.27. The van der Waals surface area contributed by atoms with Gasteiger partial charge in [-0.2, -0.15) is 0 Å². The Bertz CT molecular complexity index is 914. The Morgan fingerprint density at radius 2 is 2.04 bits per heavy atom. The first-order valence-electron chi connectivity index (χ1n) is 8.14. The molecule has 1 aromatic carbocycles. The molecule has 0 spiro atoms. The number of H-pyrrole nitrogens is 1. The standard InChI is InChI=1S/C19H19N3OS/c1-13-20-17-9-10-22(12-16(17)19(23)21-13)11-15-7-8-18(24-15)14-5-3-2-4-6-14/h2-8H,9-12H2,1H3,(H,20,21,23). The molecular weight excluding hydrogens is 318 g/mol. The average Bonchev–Trinajstić information content (AvgIpc) is 3.05. The third-order valence-corrected chi connectivity index (χ3v) is 5.48. The Hall–Kier alpha value is -2.24. The lowest BCUT2D eigenvalue weighted by Crippen LogP contribution is -2.35. The van der Waals surface area contributed by atoms with Gasteiger partial charge in [0.2, 0.25) is 0 Å². The minimum Gasteiger partial charge on any atom is -0.310 e. The normalized spacial score (nSPS) is 14.5. The van der Waals surface area contributed by atoms with Crippen LogP contribution in [0.4, 0.5) is 0 Å². The van der Waals surface area contributed by atoms with Gasteiger partial charge in [-0.25, -0.2) is 4.98 Å². The summed E-state index contributed by atoms with van der Waals surface area (Å²) in [5.41, 5.74) is 3.06. The smallest absolute Gasteiger partial charge is 0.255 e. The number of nitrogens with one attached hydrogen (secondary N) is 1. The predicted molar refractivity (Wildman–Crippen MR) is 97.2 cm³/mol. The van der Waals surface area contributed by atoms with Crippen LogP contribution in [0.2, 0.25) is 0 Å². The third-order valence-electron chi connectivity index (χ3n) is 4.37. The minimum absolute atomic E-state index is 0.0124. The minimum atomic E-state index is 0.0124. The molecular formula is C19H19N3OS. The van der Waals surface area contributed by atoms with Gasteiger partial charge in [-0.05, 0) is 24.6 Å². The van der Waals surface area contributed by atoms with Crippen LogP contribution >= 0.6 is 11.3 Å². The lowest BCUT2D eigenvalue weighted by molar-refractivity contribution is 0.243. The molecule has 122 valence electrons. The van der Waals surface area contributed by atoms with Crippen molar-refractivity contribution in [1.82, 2.24) is 14.9 Å². The first-order chi connectivity index (χ1) is 11.7. The monoisotopic (exact) mass is 337 g/mol. The van der Waals surface area contributed by atoms with E-state index in [0.29, 0.717) is 12.4 Å². The van der Waals surface area contributed by atoms with Crippen LogP contribution in [0.25, 0.3) is 10.4 Å². The Morgan fingerprint density at radius 3 is 2.88 bits per heavy atom. The topological polar surface area (TPSA) is 49.0 Å². The molecule has 1 aliphatic heterocycles. The molecule has 0 atom stereocenters. The van der Waals surface area contributed by atoms with Gasteiger partial charge in [0.15, 0.2) is 0 Å². The summed E-state index contributed by atoms with van der Waals surface area (Å²) in [6.45, 7) is 4.34. The van der Waals surface area contributed by atoms with Crippen molar-refractivity contribution in [2.75, 3.05) is 6.54 Å². The maximum Gasteiger partial charge on any atom is 0.255 e. The Labute approximate surface area is 144 Å². The second-order valence-corrected chi connectivity index (χ2v) is 7.34. The Kier molecular flexibility index (Phi) is 4.04. The van der Waals surface area contributed by atoms with Gasteiger partial charge in [0.1, 0.15) is 5.82 Å². The molecule has 0 radical (unpaired) electrons. The Morgan fingerprint density at radius 1 is 1.21 bits per heavy atom. The highest BCUT2D eigenvalue weighted by atomic mass is 32.1. The quantitative estimate of drug-likeness (QED) is 0.797. The summed E-state index contributed by atoms with van der Waals surface area (Å²) in [5, 5.41) is 0. The SMILES string of the molecule is Cc1nc2c(c(=O)[nH]1)CN(Cc1ccc(-c3ccccc3)s1)CC2. The van der Waals surface area contributed by atoms with Crippen molar-refractivity contribution in [3.05, 3.63) is 74.8 Å². The fraction of sp³-hybridized carbons (Fsp3) is 0.263. The van der Waals surface area contributed by atoms with Crippen molar-refractivity contribution < 1.29 is 0 Å². The molecule has 24 heavy (non-hydrogen) atoms. The predicted octanol–water partition coefficient (Wildman–Crippen LogP) is 3.37. The highest BCUT2D eigenvalue weighted by Crippen LogP contribution is 2.29. The highest BCUT2D eigenvalue weighted by Gasteiger charge is 2.21. The van der Waals surface area contributed by atoms with Gasteiger partial charge in [0.05, 0.1) is 11.3 Å². The van der Waals surface area contributed by atoms with Gasteiger partial charge in [0, 0.05) is 35.8 Å². The molecule has 1 N–H and O–H groups in total. The van der Waals surface area contributed by atoms with Crippen molar-refractivity contribution in [2.24, 2.45) is 0 Å². The highest BCUT2D eigenvalue weighted by molar-refractivity contribution is 7.15. The zero-order valence-corrected chi connectivity index (χ0v) is 14.4. The molecule has 0 bridgehead atoms. The number of hydrogen-bond acceptors (Lipinski definition) is 4. The van der Waals surface area contributed by atoms with E-state index in [4.69, 9.17) is 0 Å². The van der Waals surface area contributed by atoms with Crippen LogP contribution in [-0.4, -0.2) is 21.4 Å². The number of thiophene rings is 1. The van der Waals surface area contributed by atoms with Gasteiger partial charge in [-0.3, -0.25) is 9.69 Å². The number of nitrogens with zero attached hydrogens (tertiary/aromatic N) is 2. The lowest BCUT2D eigenvalue weighted by atomic mass is 10.1. The van der Waals surface area contributed by atoms with Crippen molar-refractivity contribution >= 4 is 11.3 Å². The van der Waals surface area contributed by atoms with E-state index in [1.165, 1.54) is 15.3 Å². The number of aryl methyl sites for hydroxylation is 1. The van der Waals surface area contributed by atoms with Gasteiger partial charge < -0.3 is 4.98 Å². The van der Waals surface area contributed by atoms with Gasteiger partial charge in [-0.15, -0.1) is 11.3 Å². The summed E-state index contributed by atoms with van der Waals surface area (Å²) in [7, 11) is 0. The zero-order chi connectivity index (χ0) is 16.5. The van der Waals surface area contributed by atoms with Crippen LogP contribution in [-0.2, 0) is 19.5 Å². The largest absolute Gasteiger partial charge is 0.310 e. The van der Waals surface area contributed by atoms with Crippen molar-refractivity contribution in [2.45, 2.75) is 26.4 Å². The van der Waals surface area contributed by atoms with E-state index in [0.717, 1.165) is 30.8 Å². The third kappa shape index (κ3) is 3.05. The molecule has 3 aromatic rings. The summed E-state index contributed by atoms with van der Waals surface area (Å²) >= 11 is 1.82. The molecule has 4 nitrogen and oxygen atoms in total. The zero-order valence-electron chi connectivity index (χ0n) is 13.6. The maximum absolute atomic E-state index is 12.2. The maximum atomic E-state index is 12.2. The van der Waals surface area contributed by atoms with Crippen LogP contribution in [0.3, 0.4) is 0 Å². The summed E-state index contributed by atoms with van der Waals surface area (Å²) in [6, 6.07) is 14.8.